The molecule has 0 fully saturated rings. The van der Waals surface area contributed by atoms with Gasteiger partial charge in [-0.3, -0.25) is 4.79 Å². The molecule has 0 aliphatic rings. The van der Waals surface area contributed by atoms with E-state index >= 15 is 0 Å². The van der Waals surface area contributed by atoms with Gasteiger partial charge in [-0.25, -0.2) is 0 Å². The van der Waals surface area contributed by atoms with Gasteiger partial charge in [0.05, 0.1) is 24.5 Å². The lowest BCUT2D eigenvalue weighted by Gasteiger charge is -2.23. The third kappa shape index (κ3) is 3.99. The molecule has 4 nitrogen and oxygen atoms in total. The van der Waals surface area contributed by atoms with Crippen LogP contribution in [0.3, 0.4) is 0 Å². The van der Waals surface area contributed by atoms with Crippen LogP contribution in [0.1, 0.15) is 38.3 Å². The largest absolute Gasteiger partial charge is 0.465 e. The van der Waals surface area contributed by atoms with E-state index in [2.05, 4.69) is 6.07 Å². The Hall–Kier alpha value is -2.02. The molecule has 1 unspecified atom stereocenters. The van der Waals surface area contributed by atoms with Crippen molar-refractivity contribution >= 4 is 11.7 Å². The van der Waals surface area contributed by atoms with Crippen LogP contribution >= 0.6 is 0 Å². The molecular weight excluding hydrogens is 252 g/mol. The average molecular weight is 274 g/mol. The molecule has 1 atom stereocenters. The van der Waals surface area contributed by atoms with Gasteiger partial charge in [0.25, 0.3) is 0 Å². The summed E-state index contributed by atoms with van der Waals surface area (Å²) >= 11 is 0. The summed E-state index contributed by atoms with van der Waals surface area (Å²) in [6, 6.07) is 7.63. The second-order valence-electron chi connectivity index (χ2n) is 5.77. The first kappa shape index (κ1) is 16.0. The maximum atomic E-state index is 11.9. The minimum Gasteiger partial charge on any atom is -0.465 e. The van der Waals surface area contributed by atoms with E-state index in [9.17, 15) is 10.1 Å². The van der Waals surface area contributed by atoms with Crippen LogP contribution in [0.25, 0.3) is 0 Å². The Kier molecular flexibility index (Phi) is 5.15. The minimum absolute atomic E-state index is 0.0283. The number of benzene rings is 1. The van der Waals surface area contributed by atoms with Crippen molar-refractivity contribution in [2.45, 2.75) is 39.5 Å². The molecule has 0 aliphatic heterocycles. The molecule has 108 valence electrons. The first-order valence-corrected chi connectivity index (χ1v) is 6.72. The zero-order chi connectivity index (χ0) is 15.3. The van der Waals surface area contributed by atoms with E-state index in [0.29, 0.717) is 12.3 Å². The first-order valence-electron chi connectivity index (χ1n) is 6.72. The molecule has 0 saturated carbocycles. The number of carbonyl (C=O) groups is 1. The smallest absolute Gasteiger partial charge is 0.307 e. The molecule has 2 N–H and O–H groups in total. The van der Waals surface area contributed by atoms with Crippen molar-refractivity contribution in [1.29, 1.82) is 5.26 Å². The third-order valence-corrected chi connectivity index (χ3v) is 3.18. The number of anilines is 1. The van der Waals surface area contributed by atoms with Gasteiger partial charge < -0.3 is 10.5 Å². The zero-order valence-electron chi connectivity index (χ0n) is 12.6. The van der Waals surface area contributed by atoms with Gasteiger partial charge in [0.15, 0.2) is 0 Å². The number of carbonyl (C=O) groups excluding carboxylic acids is 1. The highest BCUT2D eigenvalue weighted by atomic mass is 16.5. The number of nitrogens with zero attached hydrogens (tertiary/aromatic N) is 1. The van der Waals surface area contributed by atoms with E-state index < -0.39 is 5.41 Å². The van der Waals surface area contributed by atoms with Crippen molar-refractivity contribution < 1.29 is 9.53 Å². The van der Waals surface area contributed by atoms with Crippen molar-refractivity contribution in [3.05, 3.63) is 29.3 Å². The molecule has 1 aromatic carbocycles. The quantitative estimate of drug-likeness (QED) is 0.661. The molecule has 0 radical (unpaired) electrons. The summed E-state index contributed by atoms with van der Waals surface area (Å²) in [7, 11) is 0. The van der Waals surface area contributed by atoms with E-state index in [-0.39, 0.29) is 18.3 Å². The Morgan fingerprint density at radius 1 is 1.50 bits per heavy atom. The monoisotopic (exact) mass is 274 g/mol. The lowest BCUT2D eigenvalue weighted by molar-refractivity contribution is -0.145. The van der Waals surface area contributed by atoms with Gasteiger partial charge in [-0.2, -0.15) is 5.26 Å². The molecule has 0 spiro atoms. The number of nitrogens with two attached hydrogens (primary N) is 1. The van der Waals surface area contributed by atoms with E-state index in [1.165, 1.54) is 0 Å². The third-order valence-electron chi connectivity index (χ3n) is 3.18. The summed E-state index contributed by atoms with van der Waals surface area (Å²) in [6.45, 7) is 7.96. The molecule has 4 heteroatoms. The highest BCUT2D eigenvalue weighted by molar-refractivity contribution is 5.72. The molecule has 0 amide bonds. The molecule has 1 rings (SSSR count). The summed E-state index contributed by atoms with van der Waals surface area (Å²) in [5.41, 5.74) is 7.17. The lowest BCUT2D eigenvalue weighted by Crippen LogP contribution is -2.27. The first-order chi connectivity index (χ1) is 9.28. The van der Waals surface area contributed by atoms with Crippen LogP contribution in [0.5, 0.6) is 0 Å². The number of hydrogen-bond donors (Lipinski definition) is 1. The number of aryl methyl sites for hydroxylation is 1. The van der Waals surface area contributed by atoms with Crippen LogP contribution in [0, 0.1) is 24.2 Å². The Morgan fingerprint density at radius 2 is 2.15 bits per heavy atom. The van der Waals surface area contributed by atoms with Gasteiger partial charge in [0, 0.05) is 5.69 Å². The second-order valence-corrected chi connectivity index (χ2v) is 5.77. The van der Waals surface area contributed by atoms with Crippen LogP contribution < -0.4 is 5.73 Å². The van der Waals surface area contributed by atoms with Crippen LogP contribution in [0.4, 0.5) is 5.69 Å². The molecule has 0 aromatic heterocycles. The predicted molar refractivity (Wildman–Crippen MR) is 79.0 cm³/mol. The van der Waals surface area contributed by atoms with Gasteiger partial charge in [0.1, 0.15) is 0 Å². The van der Waals surface area contributed by atoms with Crippen molar-refractivity contribution in [3.63, 3.8) is 0 Å². The summed E-state index contributed by atoms with van der Waals surface area (Å²) in [5.74, 6) is -0.0778. The zero-order valence-corrected chi connectivity index (χ0v) is 12.6. The van der Waals surface area contributed by atoms with E-state index in [1.807, 2.05) is 26.8 Å². The van der Waals surface area contributed by atoms with Crippen molar-refractivity contribution in [3.8, 4) is 6.07 Å². The van der Waals surface area contributed by atoms with Crippen LogP contribution in [0.15, 0.2) is 18.2 Å². The van der Waals surface area contributed by atoms with E-state index in [1.54, 1.807) is 19.1 Å². The van der Waals surface area contributed by atoms with E-state index in [4.69, 9.17) is 10.5 Å². The number of hydrogen-bond acceptors (Lipinski definition) is 4. The summed E-state index contributed by atoms with van der Waals surface area (Å²) in [4.78, 5) is 11.9. The summed E-state index contributed by atoms with van der Waals surface area (Å²) in [5, 5.41) is 9.48. The fraction of sp³-hybridized carbons (Fsp3) is 0.500. The van der Waals surface area contributed by atoms with Gasteiger partial charge in [0.2, 0.25) is 0 Å². The number of nitrogen functional groups attached to an aromatic ring is 1. The van der Waals surface area contributed by atoms with Gasteiger partial charge >= 0.3 is 5.97 Å². The standard InChI is InChI=1S/C16H22N2O2/c1-11(2)9-20-15(19)8-16(4,10-17)14-7-13(18)6-5-12(14)3/h5-7,11H,8-9,18H2,1-4H3. The Labute approximate surface area is 120 Å². The van der Waals surface area contributed by atoms with Crippen molar-refractivity contribution in [2.24, 2.45) is 5.92 Å². The Balaban J connectivity index is 2.95. The van der Waals surface area contributed by atoms with Gasteiger partial charge in [-0.05, 0) is 43.0 Å². The van der Waals surface area contributed by atoms with Crippen molar-refractivity contribution in [1.82, 2.24) is 0 Å². The van der Waals surface area contributed by atoms with Crippen LogP contribution in [-0.2, 0) is 14.9 Å². The van der Waals surface area contributed by atoms with Gasteiger partial charge in [-0.15, -0.1) is 0 Å². The number of esters is 1. The maximum Gasteiger partial charge on any atom is 0.307 e. The average Bonchev–Trinajstić information content (AvgIpc) is 2.39. The minimum atomic E-state index is -0.923. The van der Waals surface area contributed by atoms with Crippen molar-refractivity contribution in [2.75, 3.05) is 12.3 Å². The topological polar surface area (TPSA) is 76.1 Å². The Bertz CT molecular complexity index is 532. The Morgan fingerprint density at radius 3 is 2.70 bits per heavy atom. The van der Waals surface area contributed by atoms with Gasteiger partial charge in [-0.1, -0.05) is 19.9 Å². The number of ether oxygens (including phenoxy) is 1. The molecule has 0 saturated heterocycles. The second kappa shape index (κ2) is 6.42. The van der Waals surface area contributed by atoms with Crippen LogP contribution in [-0.4, -0.2) is 12.6 Å². The summed E-state index contributed by atoms with van der Waals surface area (Å²) < 4.78 is 5.17. The summed E-state index contributed by atoms with van der Waals surface area (Å²) in [6.07, 6.45) is 0.0283. The normalized spacial score (nSPS) is 13.6. The number of nitriles is 1. The highest BCUT2D eigenvalue weighted by Crippen LogP contribution is 2.31. The predicted octanol–water partition coefficient (Wildman–Crippen LogP) is 2.95. The van der Waals surface area contributed by atoms with E-state index in [0.717, 1.165) is 11.1 Å². The fourth-order valence-electron chi connectivity index (χ4n) is 2.03. The molecule has 0 bridgehead atoms. The highest BCUT2D eigenvalue weighted by Gasteiger charge is 2.32. The fourth-order valence-corrected chi connectivity index (χ4v) is 2.03. The molecule has 1 aromatic rings. The molecule has 0 heterocycles. The molecular formula is C16H22N2O2. The SMILES string of the molecule is Cc1ccc(N)cc1C(C)(C#N)CC(=O)OCC(C)C. The number of rotatable bonds is 5. The van der Waals surface area contributed by atoms with Crippen LogP contribution in [0.2, 0.25) is 0 Å². The molecule has 0 aliphatic carbocycles. The molecule has 20 heavy (non-hydrogen) atoms. The maximum absolute atomic E-state index is 11.9. The lowest BCUT2D eigenvalue weighted by atomic mass is 9.78.